The highest BCUT2D eigenvalue weighted by molar-refractivity contribution is 8.14. The fourth-order valence-corrected chi connectivity index (χ4v) is 5.10. The van der Waals surface area contributed by atoms with E-state index in [-0.39, 0.29) is 36.3 Å². The molecule has 3 aromatic rings. The number of benzene rings is 3. The molecule has 0 bridgehead atoms. The Balaban J connectivity index is 1.25. The Labute approximate surface area is 230 Å². The van der Waals surface area contributed by atoms with Crippen molar-refractivity contribution in [2.75, 3.05) is 18.2 Å². The van der Waals surface area contributed by atoms with Gasteiger partial charge in [0.05, 0.1) is 24.2 Å². The van der Waals surface area contributed by atoms with Gasteiger partial charge in [0.2, 0.25) is 11.8 Å². The number of hydrogen-bond donors (Lipinski definition) is 2. The predicted molar refractivity (Wildman–Crippen MR) is 152 cm³/mol. The Morgan fingerprint density at radius 1 is 0.974 bits per heavy atom. The fraction of sp³-hybridized carbons (Fsp3) is 0.207. The highest BCUT2D eigenvalue weighted by Crippen LogP contribution is 2.34. The zero-order chi connectivity index (χ0) is 27.2. The number of nitrogens with one attached hydrogen (secondary N) is 2. The molecule has 2 aliphatic heterocycles. The molecule has 10 heteroatoms. The van der Waals surface area contributed by atoms with Crippen LogP contribution >= 0.6 is 11.8 Å². The van der Waals surface area contributed by atoms with Crippen LogP contribution in [-0.4, -0.2) is 52.5 Å². The van der Waals surface area contributed by atoms with Crippen LogP contribution in [0.4, 0.5) is 11.4 Å². The summed E-state index contributed by atoms with van der Waals surface area (Å²) in [6, 6.07) is 23.5. The molecular weight excluding hydrogens is 514 g/mol. The molecule has 3 aromatic carbocycles. The third-order valence-electron chi connectivity index (χ3n) is 6.24. The van der Waals surface area contributed by atoms with Crippen molar-refractivity contribution in [3.05, 3.63) is 90.0 Å². The second-order valence-electron chi connectivity index (χ2n) is 8.89. The zero-order valence-corrected chi connectivity index (χ0v) is 22.1. The van der Waals surface area contributed by atoms with Crippen molar-refractivity contribution in [1.29, 1.82) is 0 Å². The first-order valence-corrected chi connectivity index (χ1v) is 13.5. The number of nitrogens with zero attached hydrogens (tertiary/aromatic N) is 3. The van der Waals surface area contributed by atoms with E-state index >= 15 is 0 Å². The van der Waals surface area contributed by atoms with Crippen molar-refractivity contribution in [1.82, 2.24) is 10.2 Å². The molecule has 3 amide bonds. The zero-order valence-electron chi connectivity index (χ0n) is 21.3. The number of rotatable bonds is 9. The van der Waals surface area contributed by atoms with Crippen LogP contribution in [-0.2, 0) is 20.9 Å². The maximum absolute atomic E-state index is 13.4. The summed E-state index contributed by atoms with van der Waals surface area (Å²) in [6.45, 7) is 0.427. The van der Waals surface area contributed by atoms with Crippen LogP contribution in [0.3, 0.4) is 0 Å². The molecule has 0 fully saturated rings. The lowest BCUT2D eigenvalue weighted by Gasteiger charge is -2.25. The average molecular weight is 542 g/mol. The van der Waals surface area contributed by atoms with Crippen molar-refractivity contribution < 1.29 is 19.1 Å². The minimum Gasteiger partial charge on any atom is -0.495 e. The number of methoxy groups -OCH3 is 1. The van der Waals surface area contributed by atoms with Crippen LogP contribution < -0.4 is 15.4 Å². The fourth-order valence-electron chi connectivity index (χ4n) is 4.30. The van der Waals surface area contributed by atoms with Gasteiger partial charge in [-0.3, -0.25) is 19.4 Å². The molecule has 198 valence electrons. The van der Waals surface area contributed by atoms with Gasteiger partial charge in [-0.1, -0.05) is 66.4 Å². The molecule has 1 atom stereocenters. The van der Waals surface area contributed by atoms with Crippen LogP contribution in [0.5, 0.6) is 5.75 Å². The van der Waals surface area contributed by atoms with E-state index < -0.39 is 6.04 Å². The van der Waals surface area contributed by atoms with Gasteiger partial charge in [-0.05, 0) is 36.2 Å². The minimum atomic E-state index is -0.707. The largest absolute Gasteiger partial charge is 0.495 e. The van der Waals surface area contributed by atoms with E-state index in [0.29, 0.717) is 34.7 Å². The normalized spacial score (nSPS) is 15.6. The van der Waals surface area contributed by atoms with Crippen LogP contribution in [0, 0.1) is 0 Å². The van der Waals surface area contributed by atoms with Crippen LogP contribution in [0.2, 0.25) is 0 Å². The second-order valence-corrected chi connectivity index (χ2v) is 9.83. The molecule has 39 heavy (non-hydrogen) atoms. The van der Waals surface area contributed by atoms with Crippen molar-refractivity contribution in [3.8, 4) is 5.75 Å². The second kappa shape index (κ2) is 12.0. The van der Waals surface area contributed by atoms with Crippen LogP contribution in [0.1, 0.15) is 24.0 Å². The van der Waals surface area contributed by atoms with Gasteiger partial charge < -0.3 is 15.4 Å². The predicted octanol–water partition coefficient (Wildman–Crippen LogP) is 4.12. The van der Waals surface area contributed by atoms with E-state index in [4.69, 9.17) is 9.73 Å². The first kappa shape index (κ1) is 26.2. The molecule has 0 saturated heterocycles. The summed E-state index contributed by atoms with van der Waals surface area (Å²) in [5.41, 5.74) is 2.98. The number of hydrogen-bond acceptors (Lipinski definition) is 7. The van der Waals surface area contributed by atoms with Crippen molar-refractivity contribution in [2.45, 2.75) is 25.4 Å². The Morgan fingerprint density at radius 3 is 2.54 bits per heavy atom. The number of fused-ring (bicyclic) bond motifs is 3. The Morgan fingerprint density at radius 2 is 1.72 bits per heavy atom. The molecule has 0 aromatic heterocycles. The lowest BCUT2D eigenvalue weighted by Crippen LogP contribution is -2.41. The Kier molecular flexibility index (Phi) is 8.02. The Hall–Kier alpha value is -4.44. The van der Waals surface area contributed by atoms with Crippen molar-refractivity contribution in [2.24, 2.45) is 9.98 Å². The first-order chi connectivity index (χ1) is 19.0. The molecular formula is C29H27N5O4S. The number of amides is 3. The van der Waals surface area contributed by atoms with Crippen molar-refractivity contribution >= 4 is 51.9 Å². The molecule has 0 aliphatic carbocycles. The minimum absolute atomic E-state index is 0.0304. The summed E-state index contributed by atoms with van der Waals surface area (Å²) in [5, 5.41) is 6.11. The summed E-state index contributed by atoms with van der Waals surface area (Å²) < 4.78 is 5.30. The molecule has 0 radical (unpaired) electrons. The maximum atomic E-state index is 13.4. The molecule has 2 heterocycles. The maximum Gasteiger partial charge on any atom is 0.259 e. The van der Waals surface area contributed by atoms with Gasteiger partial charge in [0, 0.05) is 18.5 Å². The van der Waals surface area contributed by atoms with Gasteiger partial charge in [-0.15, -0.1) is 0 Å². The topological polar surface area (TPSA) is 112 Å². The lowest BCUT2D eigenvalue weighted by molar-refractivity contribution is -0.125. The van der Waals surface area contributed by atoms with Crippen molar-refractivity contribution in [3.63, 3.8) is 0 Å². The van der Waals surface area contributed by atoms with E-state index in [2.05, 4.69) is 15.6 Å². The highest BCUT2D eigenvalue weighted by atomic mass is 32.2. The molecule has 0 spiro atoms. The number of amidine groups is 2. The molecule has 5 rings (SSSR count). The molecule has 0 saturated carbocycles. The van der Waals surface area contributed by atoms with E-state index in [1.165, 1.54) is 12.0 Å². The van der Waals surface area contributed by atoms with Gasteiger partial charge in [0.25, 0.3) is 5.91 Å². The summed E-state index contributed by atoms with van der Waals surface area (Å²) in [6.07, 6.45) is 0.435. The highest BCUT2D eigenvalue weighted by Gasteiger charge is 2.41. The summed E-state index contributed by atoms with van der Waals surface area (Å²) in [5.74, 6) is 0.415. The van der Waals surface area contributed by atoms with E-state index in [9.17, 15) is 14.4 Å². The van der Waals surface area contributed by atoms with Gasteiger partial charge >= 0.3 is 0 Å². The SMILES string of the molecule is COc1ccccc1NC(=O)CSC1=Nc2ccccc2C2=N[C@@H](CCC(=O)NCc3ccccc3)C(=O)N12. The number of carbonyl (C=O) groups excluding carboxylic acids is 3. The quantitative estimate of drug-likeness (QED) is 0.423. The van der Waals surface area contributed by atoms with Crippen LogP contribution in [0.25, 0.3) is 0 Å². The molecule has 9 nitrogen and oxygen atoms in total. The number of anilines is 1. The van der Waals surface area contributed by atoms with Crippen LogP contribution in [0.15, 0.2) is 88.8 Å². The van der Waals surface area contributed by atoms with E-state index in [1.54, 1.807) is 18.2 Å². The third-order valence-corrected chi connectivity index (χ3v) is 7.18. The molecule has 0 unspecified atom stereocenters. The van der Waals surface area contributed by atoms with Gasteiger partial charge in [0.1, 0.15) is 17.6 Å². The summed E-state index contributed by atoms with van der Waals surface area (Å²) in [4.78, 5) is 49.5. The van der Waals surface area contributed by atoms with Gasteiger partial charge in [0.15, 0.2) is 5.17 Å². The Bertz CT molecular complexity index is 1460. The summed E-state index contributed by atoms with van der Waals surface area (Å²) in [7, 11) is 1.54. The first-order valence-electron chi connectivity index (χ1n) is 12.5. The number of aliphatic imine (C=N–C) groups is 2. The van der Waals surface area contributed by atoms with E-state index in [0.717, 1.165) is 22.9 Å². The number of para-hydroxylation sites is 3. The monoisotopic (exact) mass is 541 g/mol. The van der Waals surface area contributed by atoms with Gasteiger partial charge in [-0.2, -0.15) is 0 Å². The smallest absolute Gasteiger partial charge is 0.259 e. The standard InChI is InChI=1S/C29H27N5O4S/c1-38-24-14-8-7-13-22(24)31-26(36)18-39-29-33-21-12-6-5-11-20(21)27-32-23(28(37)34(27)29)15-16-25(35)30-17-19-9-3-2-4-10-19/h2-14,23H,15-18H2,1H3,(H,30,35)(H,31,36)/t23-/m0/s1. The molecule has 2 aliphatic rings. The number of carbonyl (C=O) groups is 3. The number of thioether (sulfide) groups is 1. The summed E-state index contributed by atoms with van der Waals surface area (Å²) >= 11 is 1.16. The molecule has 2 N–H and O–H groups in total. The third kappa shape index (κ3) is 6.01. The van der Waals surface area contributed by atoms with E-state index in [1.807, 2.05) is 60.7 Å². The average Bonchev–Trinajstić information content (AvgIpc) is 3.31. The lowest BCUT2D eigenvalue weighted by atomic mass is 10.1. The van der Waals surface area contributed by atoms with Gasteiger partial charge in [-0.25, -0.2) is 9.89 Å². The number of ether oxygens (including phenoxy) is 1.